The predicted molar refractivity (Wildman–Crippen MR) is 121 cm³/mol. The molecule has 8 heteroatoms. The average Bonchev–Trinajstić information content (AvgIpc) is 2.08. The van der Waals surface area contributed by atoms with E-state index in [9.17, 15) is 0 Å². The maximum absolute atomic E-state index is 4.86. The van der Waals surface area contributed by atoms with Crippen LogP contribution in [0.25, 0.3) is 0 Å². The molecule has 0 aromatic carbocycles. The summed E-state index contributed by atoms with van der Waals surface area (Å²) in [6, 6.07) is 0. The Morgan fingerprint density at radius 2 is 1.17 bits per heavy atom. The van der Waals surface area contributed by atoms with E-state index in [4.69, 9.17) is 4.63 Å². The smallest absolute Gasteiger partial charge is 0.109 e. The van der Waals surface area contributed by atoms with E-state index < -0.39 is 16.5 Å². The Hall–Kier alpha value is 2.86. The summed E-state index contributed by atoms with van der Waals surface area (Å²) in [5.74, 6) is 0. The number of hydrogen-bond acceptors (Lipinski definition) is 2. The van der Waals surface area contributed by atoms with Crippen molar-refractivity contribution < 1.29 is 0 Å². The average molecular weight is 407 g/mol. The molecular formula is C15H40KLiN2Si4. The third-order valence-electron chi connectivity index (χ3n) is 4.99. The predicted octanol–water partition coefficient (Wildman–Crippen LogP) is 3.19. The Kier molecular flexibility index (Phi) is 13.9. The van der Waals surface area contributed by atoms with Crippen molar-refractivity contribution in [2.24, 2.45) is 10.0 Å². The summed E-state index contributed by atoms with van der Waals surface area (Å²) in [6.45, 7) is 28.4. The fraction of sp³-hybridized carbons (Fsp3) is 1.00. The fourth-order valence-electron chi connectivity index (χ4n) is 2.87. The van der Waals surface area contributed by atoms with Gasteiger partial charge >= 0.3 is 0 Å². The van der Waals surface area contributed by atoms with Crippen LogP contribution < -0.4 is 4.65 Å². The Morgan fingerprint density at radius 3 is 1.35 bits per heavy atom. The van der Waals surface area contributed by atoms with Gasteiger partial charge < -0.3 is 9.28 Å². The minimum absolute atomic E-state index is 0. The largest absolute Gasteiger partial charge is 0.360 e. The van der Waals surface area contributed by atoms with Gasteiger partial charge in [0.05, 0.1) is 17.9 Å². The molecule has 2 radical (unpaired) electrons. The van der Waals surface area contributed by atoms with Crippen LogP contribution in [0.3, 0.4) is 0 Å². The van der Waals surface area contributed by atoms with Gasteiger partial charge in [-0.25, -0.2) is 0 Å². The third-order valence-corrected chi connectivity index (χ3v) is 18.1. The molecule has 1 aliphatic rings. The van der Waals surface area contributed by atoms with Gasteiger partial charge in [-0.05, 0) is 24.3 Å². The second-order valence-electron chi connectivity index (χ2n) is 10.2. The number of nitrogens with one attached hydrogen (secondary N) is 1. The topological polar surface area (TPSA) is 24.4 Å². The zero-order valence-corrected chi connectivity index (χ0v) is 26.4. The van der Waals surface area contributed by atoms with Gasteiger partial charge in [0, 0.05) is 75.8 Å². The second kappa shape index (κ2) is 10.4. The molecule has 0 aromatic heterocycles. The maximum Gasteiger partial charge on any atom is 0.109 e. The number of hydrogen-bond donors (Lipinski definition) is 1. The van der Waals surface area contributed by atoms with Crippen LogP contribution in [-0.2, 0) is 0 Å². The van der Waals surface area contributed by atoms with Gasteiger partial charge in [-0.1, -0.05) is 67.0 Å². The summed E-state index contributed by atoms with van der Waals surface area (Å²) >= 11 is 0. The number of nitrogens with zero attached hydrogens (tertiary/aromatic N) is 1. The van der Waals surface area contributed by atoms with Crippen molar-refractivity contribution in [3.63, 3.8) is 0 Å². The van der Waals surface area contributed by atoms with Crippen LogP contribution in [0.15, 0.2) is 4.63 Å². The molecule has 0 saturated carbocycles. The van der Waals surface area contributed by atoms with E-state index in [2.05, 4.69) is 85.5 Å². The van der Waals surface area contributed by atoms with E-state index >= 15 is 0 Å². The standard InChI is InChI=1S/C9H21NSi2.C6H19NSi2.K.Li/c1-7(2)8(3,4)10-12-11-9(7,5)6;1-8(2,3)7-9(4,5)6;;/h12H,11H2,1-6H3;7H,1-6H3;;. The molecule has 0 amide bonds. The van der Waals surface area contributed by atoms with Crippen molar-refractivity contribution in [2.45, 2.75) is 91.4 Å². The molecule has 0 saturated heterocycles. The van der Waals surface area contributed by atoms with Crippen LogP contribution in [0.1, 0.15) is 41.5 Å². The third kappa shape index (κ3) is 10.7. The van der Waals surface area contributed by atoms with Gasteiger partial charge in [0.25, 0.3) is 0 Å². The first-order valence-electron chi connectivity index (χ1n) is 8.24. The first kappa shape index (κ1) is 30.6. The van der Waals surface area contributed by atoms with Gasteiger partial charge in [-0.2, -0.15) is 0 Å². The molecule has 0 bridgehead atoms. The van der Waals surface area contributed by atoms with Crippen LogP contribution in [0.4, 0.5) is 0 Å². The van der Waals surface area contributed by atoms with E-state index in [1.54, 1.807) is 0 Å². The summed E-state index contributed by atoms with van der Waals surface area (Å²) in [7, 11) is -1.42. The van der Waals surface area contributed by atoms with E-state index in [1.807, 2.05) is 0 Å². The zero-order chi connectivity index (χ0) is 17.3. The van der Waals surface area contributed by atoms with Crippen LogP contribution >= 0.6 is 0 Å². The van der Waals surface area contributed by atoms with Gasteiger partial charge in [-0.3, -0.25) is 0 Å². The van der Waals surface area contributed by atoms with Crippen LogP contribution in [0.5, 0.6) is 0 Å². The Morgan fingerprint density at radius 1 is 0.826 bits per heavy atom. The Bertz CT molecular complexity index is 374. The van der Waals surface area contributed by atoms with Crippen molar-refractivity contribution in [3.05, 3.63) is 0 Å². The van der Waals surface area contributed by atoms with Gasteiger partial charge in [-0.15, -0.1) is 0 Å². The molecule has 2 nitrogen and oxygen atoms in total. The molecule has 1 N–H and O–H groups in total. The van der Waals surface area contributed by atoms with E-state index in [0.717, 1.165) is 0 Å². The second-order valence-corrected chi connectivity index (χ2v) is 25.3. The fourth-order valence-corrected chi connectivity index (χ4v) is 18.7. The molecule has 0 spiro atoms. The summed E-state index contributed by atoms with van der Waals surface area (Å²) in [5, 5.41) is 0.591. The molecule has 1 heterocycles. The van der Waals surface area contributed by atoms with Crippen molar-refractivity contribution >= 4 is 105 Å². The van der Waals surface area contributed by atoms with Gasteiger partial charge in [0.1, 0.15) is 16.5 Å². The van der Waals surface area contributed by atoms with Gasteiger partial charge in [0.15, 0.2) is 0 Å². The van der Waals surface area contributed by atoms with E-state index in [1.165, 1.54) is 0 Å². The van der Waals surface area contributed by atoms with Crippen molar-refractivity contribution in [1.82, 2.24) is 4.65 Å². The van der Waals surface area contributed by atoms with Gasteiger partial charge in [0.2, 0.25) is 0 Å². The molecule has 23 heavy (non-hydrogen) atoms. The Balaban J connectivity index is -0.000000332. The molecule has 1 rings (SSSR count). The molecule has 0 fully saturated rings. The maximum atomic E-state index is 4.86. The summed E-state index contributed by atoms with van der Waals surface area (Å²) in [4.78, 5) is 0. The van der Waals surface area contributed by atoms with Crippen LogP contribution in [-0.4, -0.2) is 110 Å². The normalized spacial score (nSPS) is 22.3. The molecule has 128 valence electrons. The number of rotatable bonds is 2. The van der Waals surface area contributed by atoms with E-state index in [0.29, 0.717) is 19.3 Å². The van der Waals surface area contributed by atoms with Crippen molar-refractivity contribution in [2.75, 3.05) is 0 Å². The summed E-state index contributed by atoms with van der Waals surface area (Å²) in [6.07, 6.45) is 0. The minimum Gasteiger partial charge on any atom is -0.360 e. The Labute approximate surface area is 207 Å². The molecule has 0 atom stereocenters. The molecule has 1 aliphatic heterocycles. The SMILES string of the molecule is CC1(C)N=[SiH][SiH2]C(C)(C)C1(C)C.C[Si](C)(C)N[Si](C)(C)C.[K].[Li]. The molecular weight excluding hydrogens is 367 g/mol. The first-order chi connectivity index (χ1) is 8.91. The monoisotopic (exact) mass is 406 g/mol. The summed E-state index contributed by atoms with van der Waals surface area (Å²) in [5.41, 5.74) is 0.592. The molecule has 0 aliphatic carbocycles. The molecule has 0 aromatic rings. The summed E-state index contributed by atoms with van der Waals surface area (Å²) < 4.78 is 8.59. The van der Waals surface area contributed by atoms with Crippen molar-refractivity contribution in [1.29, 1.82) is 0 Å². The zero-order valence-electron chi connectivity index (χ0n) is 18.7. The van der Waals surface area contributed by atoms with Crippen LogP contribution in [0, 0.1) is 5.41 Å². The van der Waals surface area contributed by atoms with E-state index in [-0.39, 0.29) is 84.8 Å². The minimum atomic E-state index is -0.981. The van der Waals surface area contributed by atoms with Crippen LogP contribution in [0.2, 0.25) is 44.3 Å². The first-order valence-corrected chi connectivity index (χ1v) is 19.7. The van der Waals surface area contributed by atoms with Crippen molar-refractivity contribution in [3.8, 4) is 0 Å². The quantitative estimate of drug-likeness (QED) is 0.700. The molecule has 0 unspecified atom stereocenters.